The molecule has 0 rings (SSSR count). The van der Waals surface area contributed by atoms with Crippen LogP contribution in [0, 0.1) is 0 Å². The predicted octanol–water partition coefficient (Wildman–Crippen LogP) is -2.54. The molecule has 7 heteroatoms. The molecule has 2 amide bonds. The number of unbranched alkanes of at least 4 members (excludes halogenated alkanes) is 6. The Morgan fingerprint density at radius 2 is 1.55 bits per heavy atom. The van der Waals surface area contributed by atoms with Crippen molar-refractivity contribution >= 4 is 17.8 Å². The van der Waals surface area contributed by atoms with Crippen molar-refractivity contribution in [1.82, 2.24) is 10.2 Å². The van der Waals surface area contributed by atoms with Gasteiger partial charge >= 0.3 is 29.6 Å². The van der Waals surface area contributed by atoms with E-state index in [-0.39, 0.29) is 42.0 Å². The molecule has 0 aliphatic rings. The first kappa shape index (κ1) is 23.7. The molecule has 0 spiro atoms. The third kappa shape index (κ3) is 14.4. The van der Waals surface area contributed by atoms with Crippen molar-refractivity contribution in [2.24, 2.45) is 0 Å². The minimum absolute atomic E-state index is 0. The fourth-order valence-corrected chi connectivity index (χ4v) is 1.92. The average Bonchev–Trinajstić information content (AvgIpc) is 2.43. The minimum Gasteiger partial charge on any atom is -0.548 e. The van der Waals surface area contributed by atoms with Gasteiger partial charge in [0.05, 0.1) is 19.1 Å². The fourth-order valence-electron chi connectivity index (χ4n) is 1.92. The largest absolute Gasteiger partial charge is 1.00 e. The average molecular weight is 322 g/mol. The molecule has 0 fully saturated rings. The summed E-state index contributed by atoms with van der Waals surface area (Å²) in [6.45, 7) is 1.54. The molecule has 0 unspecified atom stereocenters. The van der Waals surface area contributed by atoms with Crippen LogP contribution in [0.2, 0.25) is 0 Å². The Morgan fingerprint density at radius 1 is 1.00 bits per heavy atom. The van der Waals surface area contributed by atoms with Crippen LogP contribution < -0.4 is 40.0 Å². The number of nitrogens with one attached hydrogen (secondary N) is 1. The number of likely N-dealkylation sites (N-methyl/N-ethyl adjacent to an activating group) is 1. The van der Waals surface area contributed by atoms with Crippen LogP contribution in [0.15, 0.2) is 0 Å². The monoisotopic (exact) mass is 322 g/mol. The number of nitrogens with zero attached hydrogens (tertiary/aromatic N) is 1. The molecule has 0 aromatic heterocycles. The summed E-state index contributed by atoms with van der Waals surface area (Å²) >= 11 is 0. The number of carboxylic acids is 1. The zero-order chi connectivity index (χ0) is 16.1. The molecular weight excluding hydrogens is 295 g/mol. The third-order valence-electron chi connectivity index (χ3n) is 3.24. The number of carbonyl (C=O) groups is 3. The number of aliphatic carboxylic acids is 1. The SMILES string of the molecule is CCCCCCCCCC(=O)NCC(=O)N(C)CC(=O)[O-].[Na+]. The van der Waals surface area contributed by atoms with Crippen molar-refractivity contribution < 1.29 is 49.0 Å². The Labute approximate surface area is 155 Å². The zero-order valence-electron chi connectivity index (χ0n) is 14.2. The Kier molecular flexibility index (Phi) is 16.5. The molecule has 0 aromatic carbocycles. The van der Waals surface area contributed by atoms with E-state index in [1.807, 2.05) is 0 Å². The topological polar surface area (TPSA) is 89.5 Å². The molecule has 0 aromatic rings. The van der Waals surface area contributed by atoms with E-state index in [1.54, 1.807) is 0 Å². The molecule has 122 valence electrons. The Balaban J connectivity index is 0. The number of amides is 2. The Morgan fingerprint density at radius 3 is 2.09 bits per heavy atom. The normalized spacial score (nSPS) is 9.73. The van der Waals surface area contributed by atoms with E-state index in [4.69, 9.17) is 0 Å². The van der Waals surface area contributed by atoms with E-state index >= 15 is 0 Å². The van der Waals surface area contributed by atoms with E-state index < -0.39 is 18.4 Å². The molecule has 1 N–H and O–H groups in total. The summed E-state index contributed by atoms with van der Waals surface area (Å²) in [5, 5.41) is 12.8. The van der Waals surface area contributed by atoms with Gasteiger partial charge in [-0.1, -0.05) is 45.4 Å². The van der Waals surface area contributed by atoms with Gasteiger partial charge in [0.15, 0.2) is 0 Å². The van der Waals surface area contributed by atoms with Crippen LogP contribution in [0.1, 0.15) is 58.3 Å². The van der Waals surface area contributed by atoms with Gasteiger partial charge in [-0.05, 0) is 6.42 Å². The fraction of sp³-hybridized carbons (Fsp3) is 0.800. The number of hydrogen-bond acceptors (Lipinski definition) is 4. The number of rotatable bonds is 12. The number of hydrogen-bond donors (Lipinski definition) is 1. The van der Waals surface area contributed by atoms with Crippen LogP contribution >= 0.6 is 0 Å². The third-order valence-corrected chi connectivity index (χ3v) is 3.24. The molecular formula is C15H27N2NaO4. The van der Waals surface area contributed by atoms with E-state index in [1.165, 1.54) is 32.7 Å². The maximum absolute atomic E-state index is 11.5. The van der Waals surface area contributed by atoms with Gasteiger partial charge < -0.3 is 20.1 Å². The maximum Gasteiger partial charge on any atom is 1.00 e. The van der Waals surface area contributed by atoms with Gasteiger partial charge in [0.2, 0.25) is 11.8 Å². The van der Waals surface area contributed by atoms with Crippen LogP contribution in [-0.4, -0.2) is 42.8 Å². The summed E-state index contributed by atoms with van der Waals surface area (Å²) in [5.41, 5.74) is 0. The van der Waals surface area contributed by atoms with Gasteiger partial charge in [-0.15, -0.1) is 0 Å². The summed E-state index contributed by atoms with van der Waals surface area (Å²) in [4.78, 5) is 34.3. The zero-order valence-corrected chi connectivity index (χ0v) is 16.2. The van der Waals surface area contributed by atoms with E-state index in [0.29, 0.717) is 6.42 Å². The van der Waals surface area contributed by atoms with E-state index in [2.05, 4.69) is 12.2 Å². The second kappa shape index (κ2) is 15.3. The van der Waals surface area contributed by atoms with Gasteiger partial charge in [0.25, 0.3) is 0 Å². The van der Waals surface area contributed by atoms with Crippen LogP contribution in [-0.2, 0) is 14.4 Å². The molecule has 0 bridgehead atoms. The van der Waals surface area contributed by atoms with Crippen molar-refractivity contribution in [1.29, 1.82) is 0 Å². The molecule has 22 heavy (non-hydrogen) atoms. The maximum atomic E-state index is 11.5. The summed E-state index contributed by atoms with van der Waals surface area (Å²) < 4.78 is 0. The summed E-state index contributed by atoms with van der Waals surface area (Å²) in [6.07, 6.45) is 8.34. The summed E-state index contributed by atoms with van der Waals surface area (Å²) in [7, 11) is 1.36. The van der Waals surface area contributed by atoms with Crippen LogP contribution in [0.4, 0.5) is 0 Å². The van der Waals surface area contributed by atoms with E-state index in [9.17, 15) is 19.5 Å². The molecule has 6 nitrogen and oxygen atoms in total. The van der Waals surface area contributed by atoms with Crippen LogP contribution in [0.3, 0.4) is 0 Å². The molecule has 0 saturated carbocycles. The Hall–Kier alpha value is -0.590. The van der Waals surface area contributed by atoms with Crippen molar-refractivity contribution in [2.45, 2.75) is 58.3 Å². The molecule has 0 aliphatic heterocycles. The van der Waals surface area contributed by atoms with Gasteiger partial charge in [-0.25, -0.2) is 0 Å². The quantitative estimate of drug-likeness (QED) is 0.317. The molecule has 0 heterocycles. The second-order valence-electron chi connectivity index (χ2n) is 5.27. The standard InChI is InChI=1S/C15H28N2O4.Na/c1-3-4-5-6-7-8-9-10-13(18)16-11-14(19)17(2)12-15(20)21;/h3-12H2,1-2H3,(H,16,18)(H,20,21);/q;+1/p-1. The molecule has 0 aliphatic carbocycles. The van der Waals surface area contributed by atoms with Gasteiger partial charge in [0, 0.05) is 13.5 Å². The molecule has 0 atom stereocenters. The molecule has 0 radical (unpaired) electrons. The number of carboxylic acid groups (broad SMARTS) is 1. The van der Waals surface area contributed by atoms with Crippen molar-refractivity contribution in [2.75, 3.05) is 20.1 Å². The minimum atomic E-state index is -1.32. The van der Waals surface area contributed by atoms with Crippen molar-refractivity contribution in [3.05, 3.63) is 0 Å². The molecule has 0 saturated heterocycles. The summed E-state index contributed by atoms with van der Waals surface area (Å²) in [5.74, 6) is -1.92. The van der Waals surface area contributed by atoms with Gasteiger partial charge in [0.1, 0.15) is 0 Å². The predicted molar refractivity (Wildman–Crippen MR) is 78.3 cm³/mol. The summed E-state index contributed by atoms with van der Waals surface area (Å²) in [6, 6.07) is 0. The van der Waals surface area contributed by atoms with Crippen LogP contribution in [0.25, 0.3) is 0 Å². The first-order valence-electron chi connectivity index (χ1n) is 7.67. The first-order valence-corrected chi connectivity index (χ1v) is 7.67. The second-order valence-corrected chi connectivity index (χ2v) is 5.27. The van der Waals surface area contributed by atoms with E-state index in [0.717, 1.165) is 24.2 Å². The van der Waals surface area contributed by atoms with Crippen LogP contribution in [0.5, 0.6) is 0 Å². The van der Waals surface area contributed by atoms with Gasteiger partial charge in [-0.2, -0.15) is 0 Å². The first-order chi connectivity index (χ1) is 9.97. The Bertz CT molecular complexity index is 338. The van der Waals surface area contributed by atoms with Gasteiger partial charge in [-0.3, -0.25) is 9.59 Å². The number of carbonyl (C=O) groups excluding carboxylic acids is 3. The smallest absolute Gasteiger partial charge is 0.548 e. The van der Waals surface area contributed by atoms with Crippen molar-refractivity contribution in [3.63, 3.8) is 0 Å². The van der Waals surface area contributed by atoms with Crippen molar-refractivity contribution in [3.8, 4) is 0 Å².